The SMILES string of the molecule is Cc1cc(OCc2cn(-c3ccc(S(N)(=O)=O)cc3)nn2)nc(N2CCN(c3ccccn3)CC2)n1. The summed E-state index contributed by atoms with van der Waals surface area (Å²) in [7, 11) is -3.75. The van der Waals surface area contributed by atoms with E-state index < -0.39 is 10.0 Å². The third-order valence-corrected chi connectivity index (χ3v) is 6.62. The topological polar surface area (TPSA) is 145 Å². The molecule has 2 N–H and O–H groups in total. The van der Waals surface area contributed by atoms with Crippen LogP contribution in [0, 0.1) is 6.92 Å². The number of nitrogens with two attached hydrogens (primary N) is 1. The maximum atomic E-state index is 11.4. The van der Waals surface area contributed by atoms with E-state index in [4.69, 9.17) is 9.88 Å². The maximum Gasteiger partial charge on any atom is 0.238 e. The van der Waals surface area contributed by atoms with E-state index in [2.05, 4.69) is 35.1 Å². The van der Waals surface area contributed by atoms with Crippen LogP contribution in [-0.4, -0.2) is 64.5 Å². The van der Waals surface area contributed by atoms with Gasteiger partial charge in [0.2, 0.25) is 21.9 Å². The van der Waals surface area contributed by atoms with Crippen molar-refractivity contribution in [3.05, 3.63) is 72.3 Å². The number of anilines is 2. The Bertz CT molecular complexity index is 1440. The number of aryl methyl sites for hydroxylation is 1. The summed E-state index contributed by atoms with van der Waals surface area (Å²) in [5.74, 6) is 2.06. The van der Waals surface area contributed by atoms with Crippen LogP contribution in [0.5, 0.6) is 5.88 Å². The van der Waals surface area contributed by atoms with E-state index >= 15 is 0 Å². The largest absolute Gasteiger partial charge is 0.471 e. The van der Waals surface area contributed by atoms with E-state index in [0.717, 1.165) is 37.7 Å². The second-order valence-electron chi connectivity index (χ2n) is 8.29. The average molecular weight is 508 g/mol. The Labute approximate surface area is 208 Å². The molecule has 1 aromatic carbocycles. The summed E-state index contributed by atoms with van der Waals surface area (Å²) in [6.45, 7) is 5.27. The molecule has 0 bridgehead atoms. The van der Waals surface area contributed by atoms with Gasteiger partial charge in [0.25, 0.3) is 0 Å². The van der Waals surface area contributed by atoms with Crippen LogP contribution in [0.2, 0.25) is 0 Å². The number of piperazine rings is 1. The monoisotopic (exact) mass is 507 g/mol. The minimum Gasteiger partial charge on any atom is -0.471 e. The second-order valence-corrected chi connectivity index (χ2v) is 9.85. The Morgan fingerprint density at radius 2 is 1.75 bits per heavy atom. The minimum atomic E-state index is -3.75. The van der Waals surface area contributed by atoms with Crippen molar-refractivity contribution < 1.29 is 13.2 Å². The van der Waals surface area contributed by atoms with E-state index in [0.29, 0.717) is 23.2 Å². The minimum absolute atomic E-state index is 0.0306. The van der Waals surface area contributed by atoms with Crippen LogP contribution in [-0.2, 0) is 16.6 Å². The highest BCUT2D eigenvalue weighted by Gasteiger charge is 2.21. The third kappa shape index (κ3) is 5.42. The lowest BCUT2D eigenvalue weighted by molar-refractivity contribution is 0.288. The van der Waals surface area contributed by atoms with Gasteiger partial charge in [-0.3, -0.25) is 0 Å². The van der Waals surface area contributed by atoms with Crippen molar-refractivity contribution in [1.82, 2.24) is 29.9 Å². The molecule has 0 unspecified atom stereocenters. The van der Waals surface area contributed by atoms with Gasteiger partial charge in [0.1, 0.15) is 18.1 Å². The van der Waals surface area contributed by atoms with Gasteiger partial charge in [0, 0.05) is 44.1 Å². The van der Waals surface area contributed by atoms with Gasteiger partial charge in [-0.2, -0.15) is 4.98 Å². The summed E-state index contributed by atoms with van der Waals surface area (Å²) < 4.78 is 30.3. The fourth-order valence-electron chi connectivity index (χ4n) is 3.84. The molecule has 186 valence electrons. The van der Waals surface area contributed by atoms with E-state index in [1.807, 2.05) is 25.1 Å². The number of primary sulfonamides is 1. The number of nitrogens with zero attached hydrogens (tertiary/aromatic N) is 8. The van der Waals surface area contributed by atoms with E-state index in [1.54, 1.807) is 30.6 Å². The average Bonchev–Trinajstić information content (AvgIpc) is 3.37. The number of aromatic nitrogens is 6. The molecule has 0 saturated carbocycles. The maximum absolute atomic E-state index is 11.4. The van der Waals surface area contributed by atoms with Gasteiger partial charge in [-0.1, -0.05) is 11.3 Å². The highest BCUT2D eigenvalue weighted by molar-refractivity contribution is 7.89. The second kappa shape index (κ2) is 9.87. The third-order valence-electron chi connectivity index (χ3n) is 5.69. The van der Waals surface area contributed by atoms with Gasteiger partial charge in [-0.25, -0.2) is 28.2 Å². The molecule has 1 aliphatic rings. The molecule has 0 radical (unpaired) electrons. The zero-order valence-electron chi connectivity index (χ0n) is 19.6. The lowest BCUT2D eigenvalue weighted by Crippen LogP contribution is -2.47. The molecule has 5 rings (SSSR count). The van der Waals surface area contributed by atoms with Gasteiger partial charge < -0.3 is 14.5 Å². The summed E-state index contributed by atoms with van der Waals surface area (Å²) in [5, 5.41) is 13.4. The molecule has 12 nitrogen and oxygen atoms in total. The normalized spacial score (nSPS) is 14.2. The number of hydrogen-bond donors (Lipinski definition) is 1. The molecule has 0 atom stereocenters. The first-order valence-electron chi connectivity index (χ1n) is 11.3. The number of pyridine rings is 1. The predicted octanol–water partition coefficient (Wildman–Crippen LogP) is 1.31. The molecule has 0 spiro atoms. The first kappa shape index (κ1) is 23.6. The van der Waals surface area contributed by atoms with Crippen molar-refractivity contribution in [2.24, 2.45) is 5.14 Å². The van der Waals surface area contributed by atoms with Crippen molar-refractivity contribution in [1.29, 1.82) is 0 Å². The Morgan fingerprint density at radius 1 is 1.00 bits per heavy atom. The molecule has 13 heteroatoms. The molecule has 1 fully saturated rings. The van der Waals surface area contributed by atoms with Crippen LogP contribution >= 0.6 is 0 Å². The summed E-state index contributed by atoms with van der Waals surface area (Å²) in [5.41, 5.74) is 2.04. The molecule has 36 heavy (non-hydrogen) atoms. The van der Waals surface area contributed by atoms with E-state index in [9.17, 15) is 8.42 Å². The summed E-state index contributed by atoms with van der Waals surface area (Å²) >= 11 is 0. The first-order chi connectivity index (χ1) is 17.3. The van der Waals surface area contributed by atoms with Crippen LogP contribution in [0.1, 0.15) is 11.4 Å². The fraction of sp³-hybridized carbons (Fsp3) is 0.261. The Morgan fingerprint density at radius 3 is 2.44 bits per heavy atom. The summed E-state index contributed by atoms with van der Waals surface area (Å²) in [6.07, 6.45) is 3.51. The zero-order chi connectivity index (χ0) is 25.1. The molecule has 1 saturated heterocycles. The first-order valence-corrected chi connectivity index (χ1v) is 12.8. The Balaban J connectivity index is 1.22. The van der Waals surface area contributed by atoms with Crippen molar-refractivity contribution in [3.63, 3.8) is 0 Å². The molecule has 4 aromatic rings. The van der Waals surface area contributed by atoms with Gasteiger partial charge >= 0.3 is 0 Å². The van der Waals surface area contributed by atoms with Crippen LogP contribution in [0.3, 0.4) is 0 Å². The number of ether oxygens (including phenoxy) is 1. The molecular formula is C23H25N9O3S. The van der Waals surface area contributed by atoms with Gasteiger partial charge in [-0.05, 0) is 43.3 Å². The quantitative estimate of drug-likeness (QED) is 0.388. The summed E-state index contributed by atoms with van der Waals surface area (Å²) in [6, 6.07) is 13.7. The highest BCUT2D eigenvalue weighted by atomic mass is 32.2. The van der Waals surface area contributed by atoms with Crippen molar-refractivity contribution in [2.45, 2.75) is 18.4 Å². The number of rotatable bonds is 7. The Kier molecular flexibility index (Phi) is 6.48. The molecule has 0 amide bonds. The zero-order valence-corrected chi connectivity index (χ0v) is 20.4. The molecule has 3 aromatic heterocycles. The van der Waals surface area contributed by atoms with Crippen LogP contribution < -0.4 is 19.7 Å². The number of benzene rings is 1. The lowest BCUT2D eigenvalue weighted by Gasteiger charge is -2.35. The molecule has 1 aliphatic heterocycles. The smallest absolute Gasteiger partial charge is 0.238 e. The standard InChI is InChI=1S/C23H25N9O3S/c1-17-14-22(27-23(26-17)31-12-10-30(11-13-31)21-4-2-3-9-25-21)35-16-18-15-32(29-28-18)19-5-7-20(8-6-19)36(24,33)34/h2-9,14-15H,10-13,16H2,1H3,(H2,24,33,34). The summed E-state index contributed by atoms with van der Waals surface area (Å²) in [4.78, 5) is 18.0. The Hall–Kier alpha value is -4.10. The van der Waals surface area contributed by atoms with E-state index in [1.165, 1.54) is 16.8 Å². The van der Waals surface area contributed by atoms with Gasteiger partial charge in [0.15, 0.2) is 0 Å². The molecule has 4 heterocycles. The highest BCUT2D eigenvalue weighted by Crippen LogP contribution is 2.20. The van der Waals surface area contributed by atoms with Crippen molar-refractivity contribution >= 4 is 21.8 Å². The van der Waals surface area contributed by atoms with Crippen LogP contribution in [0.25, 0.3) is 5.69 Å². The predicted molar refractivity (Wildman–Crippen MR) is 132 cm³/mol. The molecular weight excluding hydrogens is 482 g/mol. The number of sulfonamides is 1. The van der Waals surface area contributed by atoms with E-state index in [-0.39, 0.29) is 11.5 Å². The molecule has 0 aliphatic carbocycles. The van der Waals surface area contributed by atoms with Crippen LogP contribution in [0.15, 0.2) is 65.8 Å². The fourth-order valence-corrected chi connectivity index (χ4v) is 4.36. The van der Waals surface area contributed by atoms with Crippen LogP contribution in [0.4, 0.5) is 11.8 Å². The van der Waals surface area contributed by atoms with Gasteiger partial charge in [-0.15, -0.1) is 5.10 Å². The van der Waals surface area contributed by atoms with Gasteiger partial charge in [0.05, 0.1) is 16.8 Å². The van der Waals surface area contributed by atoms with Crippen molar-refractivity contribution in [2.75, 3.05) is 36.0 Å². The van der Waals surface area contributed by atoms with Crippen molar-refractivity contribution in [3.8, 4) is 11.6 Å². The number of hydrogen-bond acceptors (Lipinski definition) is 10. The lowest BCUT2D eigenvalue weighted by atomic mass is 10.3.